The number of aryl methyl sites for hydroxylation is 1. The van der Waals surface area contributed by atoms with Crippen LogP contribution in [0.4, 0.5) is 9.59 Å². The molecule has 0 spiro atoms. The minimum absolute atomic E-state index is 0.0104. The number of rotatable bonds is 25. The fourth-order valence-electron chi connectivity index (χ4n) is 6.10. The number of hydrogen-bond acceptors (Lipinski definition) is 11. The Hall–Kier alpha value is -5.75. The first-order valence-corrected chi connectivity index (χ1v) is 22.3. The first-order chi connectivity index (χ1) is 30.4. The van der Waals surface area contributed by atoms with E-state index in [1.165, 1.54) is 12.5 Å². The van der Waals surface area contributed by atoms with Crippen LogP contribution < -0.4 is 37.6 Å². The lowest BCUT2D eigenvalue weighted by atomic mass is 10.0. The van der Waals surface area contributed by atoms with E-state index >= 15 is 0 Å². The lowest BCUT2D eigenvalue weighted by Crippen LogP contribution is -2.62. The molecule has 18 heteroatoms. The second-order valence-electron chi connectivity index (χ2n) is 18.3. The molecular weight excluding hydrogens is 839 g/mol. The Morgan fingerprint density at radius 3 is 1.72 bits per heavy atom. The summed E-state index contributed by atoms with van der Waals surface area (Å²) >= 11 is 0. The van der Waals surface area contributed by atoms with E-state index in [0.717, 1.165) is 30.4 Å². The second-order valence-corrected chi connectivity index (χ2v) is 18.3. The molecule has 0 fully saturated rings. The fourth-order valence-corrected chi connectivity index (χ4v) is 6.10. The molecule has 0 heterocycles. The first-order valence-electron chi connectivity index (χ1n) is 22.3. The van der Waals surface area contributed by atoms with Gasteiger partial charge in [-0.15, -0.1) is 0 Å². The molecule has 18 nitrogen and oxygen atoms in total. The maximum atomic E-state index is 14.1. The molecule has 2 rings (SSSR count). The first kappa shape index (κ1) is 55.4. The number of carboxylic acids is 1. The molecule has 0 unspecified atom stereocenters. The van der Waals surface area contributed by atoms with Gasteiger partial charge in [0.05, 0.1) is 6.10 Å². The summed E-state index contributed by atoms with van der Waals surface area (Å²) in [5.41, 5.74) is 7.94. The SMILES string of the molecule is CCCCc1ccc(-c2ccc(C(=O)N[C@@H](CCNC(=O)OC(C)(C)C)C(=O)N[C@H](C(=O)N[C@@H](N)C(=O)N[C@@H](CCCCNC(=O)OC(C)(C)C)C(=O)O)[C@@H](C)OCC(C)C)cc2)cc1. The van der Waals surface area contributed by atoms with Gasteiger partial charge in [0.15, 0.2) is 6.17 Å². The van der Waals surface area contributed by atoms with E-state index in [-0.39, 0.29) is 44.0 Å². The number of carbonyl (C=O) groups excluding carboxylic acids is 6. The third kappa shape index (κ3) is 22.1. The molecule has 6 amide bonds. The number of alkyl carbamates (subject to hydrolysis) is 2. The number of unbranched alkanes of at least 4 members (excludes halogenated alkanes) is 2. The van der Waals surface area contributed by atoms with Crippen molar-refractivity contribution in [3.8, 4) is 11.1 Å². The van der Waals surface area contributed by atoms with Crippen molar-refractivity contribution in [2.24, 2.45) is 11.7 Å². The summed E-state index contributed by atoms with van der Waals surface area (Å²) in [5, 5.41) is 25.0. The van der Waals surface area contributed by atoms with E-state index in [2.05, 4.69) is 51.0 Å². The van der Waals surface area contributed by atoms with Crippen molar-refractivity contribution in [2.45, 2.75) is 156 Å². The Morgan fingerprint density at radius 2 is 1.20 bits per heavy atom. The molecule has 2 aromatic carbocycles. The Morgan fingerprint density at radius 1 is 0.646 bits per heavy atom. The van der Waals surface area contributed by atoms with Crippen LogP contribution in [0.25, 0.3) is 11.1 Å². The molecule has 0 aliphatic rings. The zero-order valence-corrected chi connectivity index (χ0v) is 39.8. The third-order valence-corrected chi connectivity index (χ3v) is 9.50. The number of ether oxygens (including phenoxy) is 3. The van der Waals surface area contributed by atoms with Crippen LogP contribution in [0.1, 0.15) is 124 Å². The molecule has 0 radical (unpaired) electrons. The summed E-state index contributed by atoms with van der Waals surface area (Å²) < 4.78 is 16.4. The minimum atomic E-state index is -1.75. The van der Waals surface area contributed by atoms with Crippen molar-refractivity contribution in [2.75, 3.05) is 19.7 Å². The van der Waals surface area contributed by atoms with Gasteiger partial charge in [0, 0.05) is 25.3 Å². The molecule has 2 aromatic rings. The van der Waals surface area contributed by atoms with Gasteiger partial charge in [-0.25, -0.2) is 14.4 Å². The molecule has 0 saturated carbocycles. The van der Waals surface area contributed by atoms with Crippen LogP contribution in [0.5, 0.6) is 0 Å². The maximum absolute atomic E-state index is 14.1. The molecule has 0 aliphatic carbocycles. The van der Waals surface area contributed by atoms with E-state index in [1.54, 1.807) is 65.8 Å². The van der Waals surface area contributed by atoms with Crippen LogP contribution in [-0.2, 0) is 39.8 Å². The van der Waals surface area contributed by atoms with Crippen LogP contribution in [0.2, 0.25) is 0 Å². The highest BCUT2D eigenvalue weighted by Gasteiger charge is 2.34. The standard InChI is InChI=1S/C47H73N7O11/c1-11-12-15-31-17-19-32(20-18-31)33-21-23-34(24-22-33)39(55)51-35(25-27-50-45(62)65-47(8,9)10)40(56)53-37(30(4)63-28-29(2)3)41(57)54-38(48)42(58)52-36(43(59)60)16-13-14-26-49-44(61)64-46(5,6)7/h17-24,29-30,35-38H,11-16,25-28,48H2,1-10H3,(H,49,61)(H,50,62)(H,51,55)(H,52,58)(H,53,56)(H,54,57)(H,59,60)/t30-,35+,36+,37+,38-/m1/s1. The van der Waals surface area contributed by atoms with E-state index in [0.29, 0.717) is 12.8 Å². The zero-order chi connectivity index (χ0) is 48.9. The summed E-state index contributed by atoms with van der Waals surface area (Å²) in [6.45, 7) is 18.0. The molecule has 65 heavy (non-hydrogen) atoms. The van der Waals surface area contributed by atoms with E-state index in [9.17, 15) is 38.7 Å². The molecule has 0 aromatic heterocycles. The van der Waals surface area contributed by atoms with Crippen LogP contribution >= 0.6 is 0 Å². The van der Waals surface area contributed by atoms with Crippen molar-refractivity contribution in [3.05, 3.63) is 59.7 Å². The predicted molar refractivity (Wildman–Crippen MR) is 247 cm³/mol. The topological polar surface area (TPSA) is 266 Å². The summed E-state index contributed by atoms with van der Waals surface area (Å²) in [6, 6.07) is 11.0. The highest BCUT2D eigenvalue weighted by Crippen LogP contribution is 2.21. The van der Waals surface area contributed by atoms with Gasteiger partial charge in [0.25, 0.3) is 11.8 Å². The van der Waals surface area contributed by atoms with Gasteiger partial charge < -0.3 is 57.0 Å². The van der Waals surface area contributed by atoms with Crippen molar-refractivity contribution in [3.63, 3.8) is 0 Å². The fraction of sp³-hybridized carbons (Fsp3) is 0.596. The van der Waals surface area contributed by atoms with Crippen molar-refractivity contribution in [1.82, 2.24) is 31.9 Å². The Balaban J connectivity index is 2.24. The van der Waals surface area contributed by atoms with Crippen LogP contribution in [-0.4, -0.2) is 108 Å². The molecule has 5 atom stereocenters. The molecule has 362 valence electrons. The number of aliphatic carboxylic acids is 1. The van der Waals surface area contributed by atoms with E-state index in [4.69, 9.17) is 19.9 Å². The van der Waals surface area contributed by atoms with Gasteiger partial charge in [-0.05, 0) is 122 Å². The normalized spacial score (nSPS) is 13.8. The quantitative estimate of drug-likeness (QED) is 0.0488. The lowest BCUT2D eigenvalue weighted by molar-refractivity contribution is -0.142. The van der Waals surface area contributed by atoms with Crippen molar-refractivity contribution >= 4 is 41.8 Å². The number of nitrogens with one attached hydrogen (secondary N) is 6. The molecule has 0 saturated heterocycles. The highest BCUT2D eigenvalue weighted by atomic mass is 16.6. The number of carbonyl (C=O) groups is 7. The number of benzene rings is 2. The van der Waals surface area contributed by atoms with Gasteiger partial charge in [-0.2, -0.15) is 0 Å². The van der Waals surface area contributed by atoms with Crippen LogP contribution in [0, 0.1) is 5.92 Å². The predicted octanol–water partition coefficient (Wildman–Crippen LogP) is 4.92. The van der Waals surface area contributed by atoms with Crippen LogP contribution in [0.15, 0.2) is 48.5 Å². The molecule has 0 aliphatic heterocycles. The number of hydrogen-bond donors (Lipinski definition) is 8. The maximum Gasteiger partial charge on any atom is 0.407 e. The summed E-state index contributed by atoms with van der Waals surface area (Å²) in [5.74, 6) is -4.64. The largest absolute Gasteiger partial charge is 0.480 e. The Labute approximate surface area is 383 Å². The lowest BCUT2D eigenvalue weighted by Gasteiger charge is -2.29. The molecular formula is C47H73N7O11. The van der Waals surface area contributed by atoms with Gasteiger partial charge >= 0.3 is 18.2 Å². The molecule has 9 N–H and O–H groups in total. The van der Waals surface area contributed by atoms with Gasteiger partial charge in [-0.1, -0.05) is 63.6 Å². The van der Waals surface area contributed by atoms with Gasteiger partial charge in [0.2, 0.25) is 11.8 Å². The van der Waals surface area contributed by atoms with E-state index in [1.807, 2.05) is 26.0 Å². The summed E-state index contributed by atoms with van der Waals surface area (Å²) in [4.78, 5) is 91.0. The monoisotopic (exact) mass is 912 g/mol. The summed E-state index contributed by atoms with van der Waals surface area (Å²) in [6.07, 6.45) is -0.327. The molecule has 0 bridgehead atoms. The average Bonchev–Trinajstić information content (AvgIpc) is 3.21. The minimum Gasteiger partial charge on any atom is -0.480 e. The zero-order valence-electron chi connectivity index (χ0n) is 39.8. The third-order valence-electron chi connectivity index (χ3n) is 9.50. The van der Waals surface area contributed by atoms with Crippen LogP contribution in [0.3, 0.4) is 0 Å². The highest BCUT2D eigenvalue weighted by molar-refractivity contribution is 5.99. The average molecular weight is 912 g/mol. The Bertz CT molecular complexity index is 1860. The Kier molecular flexibility index (Phi) is 22.9. The van der Waals surface area contributed by atoms with E-state index < -0.39 is 83.4 Å². The van der Waals surface area contributed by atoms with Crippen molar-refractivity contribution in [1.29, 1.82) is 0 Å². The smallest absolute Gasteiger partial charge is 0.407 e. The number of amides is 6. The summed E-state index contributed by atoms with van der Waals surface area (Å²) in [7, 11) is 0. The number of nitrogens with two attached hydrogens (primary N) is 1. The second kappa shape index (κ2) is 26.9. The van der Waals surface area contributed by atoms with Crippen molar-refractivity contribution < 1.29 is 52.9 Å². The van der Waals surface area contributed by atoms with Gasteiger partial charge in [0.1, 0.15) is 29.3 Å². The number of carboxylic acid groups (broad SMARTS) is 1. The van der Waals surface area contributed by atoms with Gasteiger partial charge in [-0.3, -0.25) is 19.2 Å².